The summed E-state index contributed by atoms with van der Waals surface area (Å²) in [4.78, 5) is 14.6. The van der Waals surface area contributed by atoms with E-state index in [0.717, 1.165) is 31.5 Å². The van der Waals surface area contributed by atoms with Crippen LogP contribution in [0.2, 0.25) is 0 Å². The van der Waals surface area contributed by atoms with Crippen LogP contribution in [0.3, 0.4) is 0 Å². The third-order valence-corrected chi connectivity index (χ3v) is 3.68. The molecule has 1 aromatic carbocycles. The summed E-state index contributed by atoms with van der Waals surface area (Å²) in [5.41, 5.74) is 0.597. The number of rotatable bonds is 3. The van der Waals surface area contributed by atoms with Crippen LogP contribution in [-0.2, 0) is 14.9 Å². The molecule has 0 N–H and O–H groups in total. The molecule has 1 aromatic rings. The van der Waals surface area contributed by atoms with E-state index in [9.17, 15) is 4.79 Å². The molecule has 1 heterocycles. The van der Waals surface area contributed by atoms with Crippen molar-refractivity contribution in [1.29, 1.82) is 0 Å². The molecule has 0 saturated carbocycles. The van der Waals surface area contributed by atoms with Gasteiger partial charge in [-0.25, -0.2) is 0 Å². The van der Waals surface area contributed by atoms with Gasteiger partial charge in [0.2, 0.25) is 0 Å². The first kappa shape index (κ1) is 13.1. The molecule has 1 atom stereocenters. The maximum absolute atomic E-state index is 12.4. The van der Waals surface area contributed by atoms with Crippen LogP contribution in [-0.4, -0.2) is 37.6 Å². The Morgan fingerprint density at radius 3 is 2.72 bits per heavy atom. The maximum Gasteiger partial charge on any atom is 0.317 e. The number of likely N-dealkylation sites (N-methyl/N-ethyl adjacent to an activating group) is 1. The Hall–Kier alpha value is -1.35. The highest BCUT2D eigenvalue weighted by Crippen LogP contribution is 2.35. The van der Waals surface area contributed by atoms with Crippen molar-refractivity contribution in [3.05, 3.63) is 35.9 Å². The Kier molecular flexibility index (Phi) is 4.02. The van der Waals surface area contributed by atoms with Crippen LogP contribution in [0.5, 0.6) is 0 Å². The predicted octanol–water partition coefficient (Wildman–Crippen LogP) is 2.21. The van der Waals surface area contributed by atoms with E-state index in [2.05, 4.69) is 11.9 Å². The van der Waals surface area contributed by atoms with Crippen molar-refractivity contribution in [2.24, 2.45) is 0 Å². The summed E-state index contributed by atoms with van der Waals surface area (Å²) in [6, 6.07) is 10.0. The summed E-state index contributed by atoms with van der Waals surface area (Å²) in [7, 11) is 2.07. The number of nitrogens with zero attached hydrogens (tertiary/aromatic N) is 1. The molecule has 0 aliphatic carbocycles. The molecule has 0 bridgehead atoms. The van der Waals surface area contributed by atoms with E-state index >= 15 is 0 Å². The van der Waals surface area contributed by atoms with E-state index in [1.54, 1.807) is 0 Å². The van der Waals surface area contributed by atoms with Crippen LogP contribution < -0.4 is 0 Å². The van der Waals surface area contributed by atoms with E-state index in [4.69, 9.17) is 4.74 Å². The lowest BCUT2D eigenvalue weighted by molar-refractivity contribution is -0.152. The van der Waals surface area contributed by atoms with E-state index in [0.29, 0.717) is 6.61 Å². The van der Waals surface area contributed by atoms with Crippen molar-refractivity contribution in [2.45, 2.75) is 25.2 Å². The number of likely N-dealkylation sites (tertiary alicyclic amines) is 1. The molecule has 0 spiro atoms. The van der Waals surface area contributed by atoms with Gasteiger partial charge in [0.15, 0.2) is 0 Å². The SMILES string of the molecule is CCOC(=O)[C@@]1(c2ccccc2)CCCN(C)C1. The molecule has 3 nitrogen and oxygen atoms in total. The highest BCUT2D eigenvalue weighted by atomic mass is 16.5. The number of carbonyl (C=O) groups excluding carboxylic acids is 1. The first-order valence-electron chi connectivity index (χ1n) is 6.60. The molecule has 18 heavy (non-hydrogen) atoms. The Morgan fingerprint density at radius 1 is 1.39 bits per heavy atom. The van der Waals surface area contributed by atoms with Gasteiger partial charge in [-0.2, -0.15) is 0 Å². The molecule has 2 rings (SSSR count). The number of piperidine rings is 1. The average molecular weight is 247 g/mol. The molecule has 1 aliphatic rings. The summed E-state index contributed by atoms with van der Waals surface area (Å²) in [6.07, 6.45) is 1.91. The van der Waals surface area contributed by atoms with Crippen molar-refractivity contribution >= 4 is 5.97 Å². The molecule has 98 valence electrons. The predicted molar refractivity (Wildman–Crippen MR) is 71.5 cm³/mol. The minimum atomic E-state index is -0.482. The summed E-state index contributed by atoms with van der Waals surface area (Å²) in [6.45, 7) is 4.10. The smallest absolute Gasteiger partial charge is 0.317 e. The number of hydrogen-bond donors (Lipinski definition) is 0. The highest BCUT2D eigenvalue weighted by molar-refractivity contribution is 5.83. The number of hydrogen-bond acceptors (Lipinski definition) is 3. The van der Waals surface area contributed by atoms with Gasteiger partial charge in [-0.3, -0.25) is 4.79 Å². The van der Waals surface area contributed by atoms with E-state index in [1.807, 2.05) is 37.3 Å². The van der Waals surface area contributed by atoms with Gasteiger partial charge in [-0.15, -0.1) is 0 Å². The molecule has 0 unspecified atom stereocenters. The molecule has 1 saturated heterocycles. The summed E-state index contributed by atoms with van der Waals surface area (Å²) < 4.78 is 5.32. The molecular formula is C15H21NO2. The lowest BCUT2D eigenvalue weighted by atomic mass is 9.74. The van der Waals surface area contributed by atoms with Gasteiger partial charge in [0.05, 0.1) is 6.61 Å². The zero-order chi connectivity index (χ0) is 13.0. The van der Waals surface area contributed by atoms with Crippen LogP contribution in [0.1, 0.15) is 25.3 Å². The number of carbonyl (C=O) groups is 1. The number of ether oxygens (including phenoxy) is 1. The van der Waals surface area contributed by atoms with Crippen molar-refractivity contribution in [2.75, 3.05) is 26.7 Å². The normalized spacial score (nSPS) is 24.8. The van der Waals surface area contributed by atoms with Crippen LogP contribution in [0.15, 0.2) is 30.3 Å². The zero-order valence-electron chi connectivity index (χ0n) is 11.2. The lowest BCUT2D eigenvalue weighted by Gasteiger charge is -2.39. The Morgan fingerprint density at radius 2 is 2.11 bits per heavy atom. The van der Waals surface area contributed by atoms with Crippen molar-refractivity contribution in [1.82, 2.24) is 4.90 Å². The van der Waals surface area contributed by atoms with Gasteiger partial charge in [0.25, 0.3) is 0 Å². The fourth-order valence-electron chi connectivity index (χ4n) is 2.82. The third-order valence-electron chi connectivity index (χ3n) is 3.68. The zero-order valence-corrected chi connectivity index (χ0v) is 11.2. The second-order valence-corrected chi connectivity index (χ2v) is 5.01. The minimum absolute atomic E-state index is 0.0808. The van der Waals surface area contributed by atoms with Gasteiger partial charge in [0.1, 0.15) is 5.41 Å². The van der Waals surface area contributed by atoms with E-state index in [1.165, 1.54) is 0 Å². The van der Waals surface area contributed by atoms with Crippen molar-refractivity contribution in [3.8, 4) is 0 Å². The Labute approximate surface area is 109 Å². The van der Waals surface area contributed by atoms with Gasteiger partial charge in [-0.05, 0) is 38.9 Å². The van der Waals surface area contributed by atoms with Crippen LogP contribution in [0.4, 0.5) is 0 Å². The average Bonchev–Trinajstić information content (AvgIpc) is 2.40. The molecule has 1 fully saturated rings. The first-order valence-corrected chi connectivity index (χ1v) is 6.60. The van der Waals surface area contributed by atoms with Crippen LogP contribution >= 0.6 is 0 Å². The van der Waals surface area contributed by atoms with Gasteiger partial charge < -0.3 is 9.64 Å². The van der Waals surface area contributed by atoms with Crippen molar-refractivity contribution < 1.29 is 9.53 Å². The number of esters is 1. The number of benzene rings is 1. The second kappa shape index (κ2) is 5.53. The fraction of sp³-hybridized carbons (Fsp3) is 0.533. The van der Waals surface area contributed by atoms with Crippen LogP contribution in [0, 0.1) is 0 Å². The maximum atomic E-state index is 12.4. The molecule has 1 aliphatic heterocycles. The van der Waals surface area contributed by atoms with Crippen molar-refractivity contribution in [3.63, 3.8) is 0 Å². The summed E-state index contributed by atoms with van der Waals surface area (Å²) in [5, 5.41) is 0. The van der Waals surface area contributed by atoms with Gasteiger partial charge >= 0.3 is 5.97 Å². The third kappa shape index (κ3) is 2.41. The lowest BCUT2D eigenvalue weighted by Crippen LogP contribution is -2.50. The highest BCUT2D eigenvalue weighted by Gasteiger charge is 2.44. The molecule has 0 aromatic heterocycles. The largest absolute Gasteiger partial charge is 0.465 e. The van der Waals surface area contributed by atoms with Crippen LogP contribution in [0.25, 0.3) is 0 Å². The van der Waals surface area contributed by atoms with E-state index in [-0.39, 0.29) is 5.97 Å². The van der Waals surface area contributed by atoms with E-state index < -0.39 is 5.41 Å². The summed E-state index contributed by atoms with van der Waals surface area (Å²) >= 11 is 0. The minimum Gasteiger partial charge on any atom is -0.465 e. The fourth-order valence-corrected chi connectivity index (χ4v) is 2.82. The second-order valence-electron chi connectivity index (χ2n) is 5.01. The summed E-state index contributed by atoms with van der Waals surface area (Å²) in [5.74, 6) is -0.0808. The van der Waals surface area contributed by atoms with Gasteiger partial charge in [-0.1, -0.05) is 30.3 Å². The molecule has 3 heteroatoms. The molecular weight excluding hydrogens is 226 g/mol. The van der Waals surface area contributed by atoms with Gasteiger partial charge in [0, 0.05) is 6.54 Å². The topological polar surface area (TPSA) is 29.5 Å². The first-order chi connectivity index (χ1) is 8.69. The molecule has 0 amide bonds. The Bertz CT molecular complexity index is 404. The Balaban J connectivity index is 2.36. The quantitative estimate of drug-likeness (QED) is 0.767. The monoisotopic (exact) mass is 247 g/mol. The standard InChI is InChI=1S/C15H21NO2/c1-3-18-14(17)15(10-7-11-16(2)12-15)13-8-5-4-6-9-13/h4-6,8-9H,3,7,10-12H2,1-2H3/t15-/m0/s1. The molecule has 0 radical (unpaired) electrons.